The SMILES string of the molecule is ClCc1c(Oc2cccc(Cl)c2Cl)nc2ccccn12. The second kappa shape index (κ2) is 5.52. The zero-order chi connectivity index (χ0) is 14.1. The van der Waals surface area contributed by atoms with Crippen molar-refractivity contribution in [3.8, 4) is 11.6 Å². The molecule has 0 fully saturated rings. The van der Waals surface area contributed by atoms with E-state index in [2.05, 4.69) is 4.98 Å². The third-order valence-electron chi connectivity index (χ3n) is 2.84. The highest BCUT2D eigenvalue weighted by atomic mass is 35.5. The summed E-state index contributed by atoms with van der Waals surface area (Å²) in [6.45, 7) is 0. The molecule has 0 N–H and O–H groups in total. The summed E-state index contributed by atoms with van der Waals surface area (Å²) < 4.78 is 7.64. The van der Waals surface area contributed by atoms with Crippen molar-refractivity contribution in [1.29, 1.82) is 0 Å². The maximum Gasteiger partial charge on any atom is 0.242 e. The lowest BCUT2D eigenvalue weighted by molar-refractivity contribution is 0.462. The number of halogens is 3. The van der Waals surface area contributed by atoms with Crippen LogP contribution in [0.15, 0.2) is 42.6 Å². The Balaban J connectivity index is 2.08. The average molecular weight is 328 g/mol. The van der Waals surface area contributed by atoms with Gasteiger partial charge in [-0.05, 0) is 24.3 Å². The van der Waals surface area contributed by atoms with E-state index in [0.717, 1.165) is 11.3 Å². The van der Waals surface area contributed by atoms with Crippen molar-refractivity contribution in [3.63, 3.8) is 0 Å². The summed E-state index contributed by atoms with van der Waals surface area (Å²) >= 11 is 18.1. The summed E-state index contributed by atoms with van der Waals surface area (Å²) in [4.78, 5) is 4.40. The first-order valence-electron chi connectivity index (χ1n) is 5.84. The minimum absolute atomic E-state index is 0.276. The standard InChI is InChI=1S/C14H9Cl3N2O/c15-8-10-14(18-12-6-1-2-7-19(10)12)20-11-5-3-4-9(16)13(11)17/h1-7H,8H2. The van der Waals surface area contributed by atoms with Gasteiger partial charge in [-0.1, -0.05) is 35.3 Å². The van der Waals surface area contributed by atoms with Crippen molar-refractivity contribution in [2.24, 2.45) is 0 Å². The number of imidazole rings is 1. The third-order valence-corrected chi connectivity index (χ3v) is 3.90. The van der Waals surface area contributed by atoms with Gasteiger partial charge in [0.1, 0.15) is 22.1 Å². The van der Waals surface area contributed by atoms with Gasteiger partial charge in [-0.3, -0.25) is 4.40 Å². The van der Waals surface area contributed by atoms with Crippen molar-refractivity contribution >= 4 is 40.4 Å². The van der Waals surface area contributed by atoms with Gasteiger partial charge in [-0.2, -0.15) is 4.98 Å². The highest BCUT2D eigenvalue weighted by molar-refractivity contribution is 6.42. The van der Waals surface area contributed by atoms with Gasteiger partial charge in [0.2, 0.25) is 5.88 Å². The Labute approximate surface area is 130 Å². The molecule has 0 spiro atoms. The van der Waals surface area contributed by atoms with Crippen LogP contribution in [-0.4, -0.2) is 9.38 Å². The van der Waals surface area contributed by atoms with Crippen molar-refractivity contribution in [2.75, 3.05) is 0 Å². The number of ether oxygens (including phenoxy) is 1. The Morgan fingerprint density at radius 2 is 1.95 bits per heavy atom. The molecule has 6 heteroatoms. The van der Waals surface area contributed by atoms with E-state index in [1.807, 2.05) is 28.8 Å². The Hall–Kier alpha value is -1.42. The van der Waals surface area contributed by atoms with E-state index < -0.39 is 0 Å². The van der Waals surface area contributed by atoms with Crippen LogP contribution in [0.1, 0.15) is 5.69 Å². The van der Waals surface area contributed by atoms with Gasteiger partial charge in [0.05, 0.1) is 10.9 Å². The summed E-state index contributed by atoms with van der Waals surface area (Å²) in [6, 6.07) is 10.9. The molecule has 3 aromatic rings. The van der Waals surface area contributed by atoms with E-state index in [0.29, 0.717) is 21.7 Å². The first-order valence-corrected chi connectivity index (χ1v) is 7.13. The van der Waals surface area contributed by atoms with Crippen LogP contribution in [0.2, 0.25) is 10.0 Å². The summed E-state index contributed by atoms with van der Waals surface area (Å²) in [5.74, 6) is 1.16. The second-order valence-electron chi connectivity index (χ2n) is 4.08. The monoisotopic (exact) mass is 326 g/mol. The molecule has 0 unspecified atom stereocenters. The van der Waals surface area contributed by atoms with E-state index in [-0.39, 0.29) is 5.88 Å². The molecular formula is C14H9Cl3N2O. The van der Waals surface area contributed by atoms with Crippen molar-refractivity contribution in [1.82, 2.24) is 9.38 Å². The lowest BCUT2D eigenvalue weighted by Gasteiger charge is -2.07. The molecule has 1 aromatic carbocycles. The number of rotatable bonds is 3. The first-order chi connectivity index (χ1) is 9.70. The highest BCUT2D eigenvalue weighted by Gasteiger charge is 2.15. The van der Waals surface area contributed by atoms with E-state index in [9.17, 15) is 0 Å². The molecule has 2 heterocycles. The van der Waals surface area contributed by atoms with E-state index in [4.69, 9.17) is 39.5 Å². The minimum Gasteiger partial charge on any atom is -0.436 e. The van der Waals surface area contributed by atoms with Gasteiger partial charge in [-0.25, -0.2) is 0 Å². The fourth-order valence-corrected chi connectivity index (χ4v) is 2.47. The quantitative estimate of drug-likeness (QED) is 0.620. The maximum absolute atomic E-state index is 6.11. The maximum atomic E-state index is 6.11. The number of hydrogen-bond acceptors (Lipinski definition) is 2. The largest absolute Gasteiger partial charge is 0.436 e. The number of hydrogen-bond donors (Lipinski definition) is 0. The molecule has 2 aromatic heterocycles. The summed E-state index contributed by atoms with van der Waals surface area (Å²) in [6.07, 6.45) is 1.88. The number of alkyl halides is 1. The second-order valence-corrected chi connectivity index (χ2v) is 5.13. The summed E-state index contributed by atoms with van der Waals surface area (Å²) in [5.41, 5.74) is 1.52. The third kappa shape index (κ3) is 2.33. The number of nitrogens with zero attached hydrogens (tertiary/aromatic N) is 2. The molecule has 0 atom stereocenters. The zero-order valence-corrected chi connectivity index (χ0v) is 12.5. The zero-order valence-electron chi connectivity index (χ0n) is 10.2. The van der Waals surface area contributed by atoms with E-state index >= 15 is 0 Å². The molecule has 0 radical (unpaired) electrons. The van der Waals surface area contributed by atoms with E-state index in [1.165, 1.54) is 0 Å². The number of aromatic nitrogens is 2. The fourth-order valence-electron chi connectivity index (χ4n) is 1.90. The molecule has 0 amide bonds. The van der Waals surface area contributed by atoms with Gasteiger partial charge in [0.25, 0.3) is 0 Å². The summed E-state index contributed by atoms with van der Waals surface area (Å²) in [7, 11) is 0. The Morgan fingerprint density at radius 3 is 2.75 bits per heavy atom. The molecular weight excluding hydrogens is 319 g/mol. The van der Waals surface area contributed by atoms with Gasteiger partial charge in [-0.15, -0.1) is 11.6 Å². The van der Waals surface area contributed by atoms with Crippen LogP contribution >= 0.6 is 34.8 Å². The predicted octanol–water partition coefficient (Wildman–Crippen LogP) is 5.17. The fraction of sp³-hybridized carbons (Fsp3) is 0.0714. The van der Waals surface area contributed by atoms with Gasteiger partial charge < -0.3 is 4.74 Å². The number of fused-ring (bicyclic) bond motifs is 1. The van der Waals surface area contributed by atoms with Gasteiger partial charge in [0, 0.05) is 6.20 Å². The van der Waals surface area contributed by atoms with E-state index in [1.54, 1.807) is 18.2 Å². The highest BCUT2D eigenvalue weighted by Crippen LogP contribution is 2.35. The van der Waals surface area contributed by atoms with Crippen LogP contribution in [0.5, 0.6) is 11.6 Å². The molecule has 0 bridgehead atoms. The Kier molecular flexibility index (Phi) is 3.74. The van der Waals surface area contributed by atoms with Crippen molar-refractivity contribution < 1.29 is 4.74 Å². The number of benzene rings is 1. The molecule has 0 saturated heterocycles. The van der Waals surface area contributed by atoms with Gasteiger partial charge in [0.15, 0.2) is 0 Å². The van der Waals surface area contributed by atoms with Crippen molar-refractivity contribution in [3.05, 3.63) is 58.3 Å². The number of pyridine rings is 1. The Bertz CT molecular complexity index is 770. The average Bonchev–Trinajstić information content (AvgIpc) is 2.81. The van der Waals surface area contributed by atoms with Gasteiger partial charge >= 0.3 is 0 Å². The van der Waals surface area contributed by atoms with Crippen LogP contribution < -0.4 is 4.74 Å². The first kappa shape index (κ1) is 13.6. The van der Waals surface area contributed by atoms with Crippen LogP contribution in [-0.2, 0) is 5.88 Å². The molecule has 0 aliphatic carbocycles. The van der Waals surface area contributed by atoms with Crippen LogP contribution in [0.25, 0.3) is 5.65 Å². The lowest BCUT2D eigenvalue weighted by Crippen LogP contribution is -1.92. The molecule has 0 aliphatic rings. The van der Waals surface area contributed by atoms with Crippen molar-refractivity contribution in [2.45, 2.75) is 5.88 Å². The Morgan fingerprint density at radius 1 is 1.10 bits per heavy atom. The molecule has 3 nitrogen and oxygen atoms in total. The topological polar surface area (TPSA) is 26.5 Å². The van der Waals surface area contributed by atoms with Crippen LogP contribution in [0.3, 0.4) is 0 Å². The molecule has 20 heavy (non-hydrogen) atoms. The molecule has 102 valence electrons. The predicted molar refractivity (Wildman–Crippen MR) is 81.3 cm³/mol. The molecule has 0 saturated carbocycles. The molecule has 3 rings (SSSR count). The smallest absolute Gasteiger partial charge is 0.242 e. The molecule has 0 aliphatic heterocycles. The lowest BCUT2D eigenvalue weighted by atomic mass is 10.3. The summed E-state index contributed by atoms with van der Waals surface area (Å²) in [5, 5.41) is 0.784. The van der Waals surface area contributed by atoms with Crippen LogP contribution in [0.4, 0.5) is 0 Å². The normalized spacial score (nSPS) is 10.9. The minimum atomic E-state index is 0.276. The van der Waals surface area contributed by atoms with Crippen LogP contribution in [0, 0.1) is 0 Å².